The van der Waals surface area contributed by atoms with Gasteiger partial charge in [-0.05, 0) is 55.2 Å². The van der Waals surface area contributed by atoms with Crippen LogP contribution >= 0.6 is 0 Å². The largest absolute Gasteiger partial charge is 0.411 e. The molecular weight excluding hydrogens is 328 g/mol. The Morgan fingerprint density at radius 2 is 1.38 bits per heavy atom. The van der Waals surface area contributed by atoms with E-state index in [1.165, 1.54) is 5.57 Å². The van der Waals surface area contributed by atoms with E-state index >= 15 is 0 Å². The van der Waals surface area contributed by atoms with Crippen molar-refractivity contribution in [1.29, 1.82) is 0 Å². The highest BCUT2D eigenvalue weighted by atomic mass is 28.4. The van der Waals surface area contributed by atoms with Crippen molar-refractivity contribution in [2.45, 2.75) is 103 Å². The fourth-order valence-electron chi connectivity index (χ4n) is 2.40. The molecule has 1 rings (SSSR count). The molecule has 2 unspecified atom stereocenters. The van der Waals surface area contributed by atoms with Gasteiger partial charge in [-0.2, -0.15) is 0 Å². The predicted octanol–water partition coefficient (Wildman–Crippen LogP) is 6.67. The van der Waals surface area contributed by atoms with E-state index in [0.717, 1.165) is 12.0 Å². The highest BCUT2D eigenvalue weighted by Gasteiger charge is 2.46. The molecule has 2 nitrogen and oxygen atoms in total. The summed E-state index contributed by atoms with van der Waals surface area (Å²) in [6, 6.07) is 0. The van der Waals surface area contributed by atoms with Crippen molar-refractivity contribution < 1.29 is 8.85 Å². The fraction of sp³-hybridized carbons (Fsp3) is 0.800. The molecule has 0 saturated heterocycles. The molecule has 0 radical (unpaired) electrons. The molecule has 2 atom stereocenters. The van der Waals surface area contributed by atoms with Gasteiger partial charge in [-0.1, -0.05) is 59.8 Å². The first kappa shape index (κ1) is 21.9. The lowest BCUT2D eigenvalue weighted by Crippen LogP contribution is -2.51. The standard InChI is InChI=1S/C20H40O2Si2/c1-15(2)16-13-14-17(21-23(9,10)19(3,4)5)18(16)22-24(11,12)20(6,7)8/h13,17-18H,1,14H2,2-12H3. The zero-order valence-electron chi connectivity index (χ0n) is 18.0. The molecule has 0 aromatic heterocycles. The Kier molecular flexibility index (Phi) is 6.25. The third-order valence-corrected chi connectivity index (χ3v) is 15.1. The van der Waals surface area contributed by atoms with E-state index in [-0.39, 0.29) is 22.3 Å². The molecule has 4 heteroatoms. The van der Waals surface area contributed by atoms with Crippen molar-refractivity contribution in [2.75, 3.05) is 0 Å². The van der Waals surface area contributed by atoms with Crippen LogP contribution in [0.1, 0.15) is 54.9 Å². The van der Waals surface area contributed by atoms with Crippen molar-refractivity contribution in [1.82, 2.24) is 0 Å². The van der Waals surface area contributed by atoms with Crippen LogP contribution in [0.5, 0.6) is 0 Å². The van der Waals surface area contributed by atoms with E-state index < -0.39 is 16.6 Å². The Morgan fingerprint density at radius 1 is 0.958 bits per heavy atom. The Balaban J connectivity index is 3.09. The molecule has 1 aliphatic rings. The van der Waals surface area contributed by atoms with Crippen molar-refractivity contribution in [3.8, 4) is 0 Å². The fourth-order valence-corrected chi connectivity index (χ4v) is 5.00. The van der Waals surface area contributed by atoms with E-state index in [1.54, 1.807) is 0 Å². The van der Waals surface area contributed by atoms with Crippen LogP contribution in [-0.2, 0) is 8.85 Å². The van der Waals surface area contributed by atoms with Gasteiger partial charge in [0.15, 0.2) is 16.6 Å². The summed E-state index contributed by atoms with van der Waals surface area (Å²) in [4.78, 5) is 0. The van der Waals surface area contributed by atoms with Gasteiger partial charge in [0.05, 0.1) is 12.2 Å². The Morgan fingerprint density at radius 3 is 1.75 bits per heavy atom. The van der Waals surface area contributed by atoms with Gasteiger partial charge in [0.2, 0.25) is 0 Å². The Labute approximate surface area is 153 Å². The molecule has 0 spiro atoms. The van der Waals surface area contributed by atoms with Crippen LogP contribution in [0, 0.1) is 0 Å². The van der Waals surface area contributed by atoms with Gasteiger partial charge in [0.25, 0.3) is 0 Å². The highest BCUT2D eigenvalue weighted by Crippen LogP contribution is 2.44. The first-order valence-electron chi connectivity index (χ1n) is 9.21. The summed E-state index contributed by atoms with van der Waals surface area (Å²) in [7, 11) is -3.69. The van der Waals surface area contributed by atoms with Gasteiger partial charge < -0.3 is 8.85 Å². The molecule has 140 valence electrons. The van der Waals surface area contributed by atoms with Crippen LogP contribution in [0.2, 0.25) is 36.3 Å². The molecule has 1 aliphatic carbocycles. The molecule has 0 aliphatic heterocycles. The van der Waals surface area contributed by atoms with Crippen molar-refractivity contribution in [2.24, 2.45) is 0 Å². The molecular formula is C20H40O2Si2. The summed E-state index contributed by atoms with van der Waals surface area (Å²) in [5.74, 6) is 0. The number of rotatable bonds is 5. The SMILES string of the molecule is C=C(C)C1=CCC(O[Si](C)(C)C(C)(C)C)C1O[Si](C)(C)C(C)(C)C. The summed E-state index contributed by atoms with van der Waals surface area (Å²) in [5, 5.41) is 0.401. The van der Waals surface area contributed by atoms with E-state index in [9.17, 15) is 0 Å². The summed E-state index contributed by atoms with van der Waals surface area (Å²) < 4.78 is 13.6. The lowest BCUT2D eigenvalue weighted by molar-refractivity contribution is 0.0706. The van der Waals surface area contributed by atoms with Crippen LogP contribution in [-0.4, -0.2) is 28.8 Å². The zero-order valence-corrected chi connectivity index (χ0v) is 20.0. The van der Waals surface area contributed by atoms with Gasteiger partial charge in [-0.15, -0.1) is 0 Å². The Hall–Kier alpha value is -0.166. The maximum atomic E-state index is 6.82. The summed E-state index contributed by atoms with van der Waals surface area (Å²) in [5.41, 5.74) is 2.36. The molecule has 0 bridgehead atoms. The van der Waals surface area contributed by atoms with Crippen LogP contribution in [0.3, 0.4) is 0 Å². The van der Waals surface area contributed by atoms with Gasteiger partial charge in [-0.3, -0.25) is 0 Å². The predicted molar refractivity (Wildman–Crippen MR) is 112 cm³/mol. The molecule has 0 fully saturated rings. The quantitative estimate of drug-likeness (QED) is 0.504. The first-order valence-corrected chi connectivity index (χ1v) is 15.0. The van der Waals surface area contributed by atoms with Crippen molar-refractivity contribution in [3.05, 3.63) is 23.8 Å². The first-order chi connectivity index (χ1) is 10.5. The molecule has 0 heterocycles. The lowest BCUT2D eigenvalue weighted by atomic mass is 10.1. The van der Waals surface area contributed by atoms with Crippen molar-refractivity contribution >= 4 is 16.6 Å². The highest BCUT2D eigenvalue weighted by molar-refractivity contribution is 6.74. The monoisotopic (exact) mass is 368 g/mol. The normalized spacial score (nSPS) is 23.4. The maximum Gasteiger partial charge on any atom is 0.193 e. The third-order valence-electron chi connectivity index (χ3n) is 6.19. The minimum Gasteiger partial charge on any atom is -0.411 e. The Bertz CT molecular complexity index is 505. The van der Waals surface area contributed by atoms with Crippen LogP contribution in [0.25, 0.3) is 0 Å². The number of hydrogen-bond donors (Lipinski definition) is 0. The molecule has 0 N–H and O–H groups in total. The maximum absolute atomic E-state index is 6.82. The van der Waals surface area contributed by atoms with Gasteiger partial charge >= 0.3 is 0 Å². The molecule has 0 saturated carbocycles. The topological polar surface area (TPSA) is 18.5 Å². The third kappa shape index (κ3) is 4.71. The molecule has 24 heavy (non-hydrogen) atoms. The summed E-state index contributed by atoms with van der Waals surface area (Å²) in [6.07, 6.45) is 3.40. The lowest BCUT2D eigenvalue weighted by Gasteiger charge is -2.44. The second-order valence-corrected chi connectivity index (χ2v) is 19.9. The molecule has 0 aromatic rings. The molecule has 0 aromatic carbocycles. The van der Waals surface area contributed by atoms with E-state index in [1.807, 2.05) is 0 Å². The summed E-state index contributed by atoms with van der Waals surface area (Å²) in [6.45, 7) is 29.3. The van der Waals surface area contributed by atoms with Crippen LogP contribution < -0.4 is 0 Å². The number of hydrogen-bond acceptors (Lipinski definition) is 2. The minimum atomic E-state index is -1.87. The smallest absolute Gasteiger partial charge is 0.193 e. The minimum absolute atomic E-state index is 0.0394. The average molecular weight is 369 g/mol. The van der Waals surface area contributed by atoms with Crippen LogP contribution in [0.15, 0.2) is 23.8 Å². The molecule has 0 amide bonds. The zero-order chi connectivity index (χ0) is 19.1. The van der Waals surface area contributed by atoms with Crippen LogP contribution in [0.4, 0.5) is 0 Å². The van der Waals surface area contributed by atoms with Gasteiger partial charge in [0, 0.05) is 0 Å². The second kappa shape index (κ2) is 6.86. The van der Waals surface area contributed by atoms with E-state index in [4.69, 9.17) is 8.85 Å². The van der Waals surface area contributed by atoms with E-state index in [0.29, 0.717) is 0 Å². The van der Waals surface area contributed by atoms with E-state index in [2.05, 4.69) is 87.3 Å². The second-order valence-electron chi connectivity index (χ2n) is 10.4. The van der Waals surface area contributed by atoms with Gasteiger partial charge in [0.1, 0.15) is 0 Å². The average Bonchev–Trinajstić information content (AvgIpc) is 2.68. The van der Waals surface area contributed by atoms with Gasteiger partial charge in [-0.25, -0.2) is 0 Å². The summed E-state index contributed by atoms with van der Waals surface area (Å²) >= 11 is 0. The van der Waals surface area contributed by atoms with Crippen molar-refractivity contribution in [3.63, 3.8) is 0 Å².